The van der Waals surface area contributed by atoms with Crippen molar-refractivity contribution in [2.75, 3.05) is 0 Å². The summed E-state index contributed by atoms with van der Waals surface area (Å²) in [6, 6.07) is 0. The Balaban J connectivity index is 2.54. The Morgan fingerprint density at radius 3 is 2.27 bits per heavy atom. The summed E-state index contributed by atoms with van der Waals surface area (Å²) in [6.07, 6.45) is 7.96. The molecule has 128 valence electrons. The molecule has 0 spiro atoms. The molecule has 0 aromatic carbocycles. The first-order valence-electron chi connectivity index (χ1n) is 8.89. The number of hydrogen-bond donors (Lipinski definition) is 1. The van der Waals surface area contributed by atoms with E-state index in [0.717, 1.165) is 44.9 Å². The van der Waals surface area contributed by atoms with Gasteiger partial charge in [0, 0.05) is 0 Å². The van der Waals surface area contributed by atoms with Gasteiger partial charge in [0.1, 0.15) is 6.10 Å². The Morgan fingerprint density at radius 1 is 1.09 bits per heavy atom. The van der Waals surface area contributed by atoms with Gasteiger partial charge in [-0.3, -0.25) is 9.59 Å². The van der Waals surface area contributed by atoms with Crippen LogP contribution in [0.5, 0.6) is 0 Å². The molecule has 1 saturated carbocycles. The van der Waals surface area contributed by atoms with Crippen molar-refractivity contribution < 1.29 is 19.4 Å². The number of rotatable bonds is 9. The average molecular weight is 312 g/mol. The number of carboxylic acids is 1. The zero-order valence-corrected chi connectivity index (χ0v) is 14.3. The fourth-order valence-electron chi connectivity index (χ4n) is 3.30. The van der Waals surface area contributed by atoms with Gasteiger partial charge in [-0.1, -0.05) is 46.5 Å². The van der Waals surface area contributed by atoms with Crippen LogP contribution in [0.2, 0.25) is 0 Å². The van der Waals surface area contributed by atoms with E-state index in [1.807, 2.05) is 0 Å². The van der Waals surface area contributed by atoms with Crippen molar-refractivity contribution in [3.63, 3.8) is 0 Å². The molecule has 4 heteroatoms. The van der Waals surface area contributed by atoms with Crippen LogP contribution >= 0.6 is 0 Å². The number of aliphatic carboxylic acids is 1. The fraction of sp³-hybridized carbons (Fsp3) is 0.889. The maximum Gasteiger partial charge on any atom is 0.310 e. The van der Waals surface area contributed by atoms with E-state index >= 15 is 0 Å². The summed E-state index contributed by atoms with van der Waals surface area (Å²) in [5.41, 5.74) is 0. The van der Waals surface area contributed by atoms with Gasteiger partial charge in [0.05, 0.1) is 11.8 Å². The molecule has 0 aromatic rings. The van der Waals surface area contributed by atoms with Gasteiger partial charge in [0.25, 0.3) is 0 Å². The summed E-state index contributed by atoms with van der Waals surface area (Å²) >= 11 is 0. The smallest absolute Gasteiger partial charge is 0.310 e. The summed E-state index contributed by atoms with van der Waals surface area (Å²) in [5, 5.41) is 9.29. The summed E-state index contributed by atoms with van der Waals surface area (Å²) in [5.74, 6) is -1.48. The van der Waals surface area contributed by atoms with Gasteiger partial charge in [-0.05, 0) is 38.0 Å². The molecule has 0 saturated heterocycles. The van der Waals surface area contributed by atoms with E-state index in [9.17, 15) is 14.7 Å². The molecular formula is C18H32O4. The van der Waals surface area contributed by atoms with Gasteiger partial charge in [-0.25, -0.2) is 0 Å². The van der Waals surface area contributed by atoms with Crippen LogP contribution in [0.4, 0.5) is 0 Å². The van der Waals surface area contributed by atoms with E-state index in [1.54, 1.807) is 0 Å². The second kappa shape index (κ2) is 9.86. The highest BCUT2D eigenvalue weighted by Crippen LogP contribution is 2.32. The lowest BCUT2D eigenvalue weighted by molar-refractivity contribution is -0.164. The zero-order chi connectivity index (χ0) is 16.5. The minimum absolute atomic E-state index is 0.0485. The molecule has 1 rings (SSSR count). The normalized spacial score (nSPS) is 23.3. The van der Waals surface area contributed by atoms with Gasteiger partial charge in [0.15, 0.2) is 0 Å². The van der Waals surface area contributed by atoms with E-state index in [0.29, 0.717) is 18.8 Å². The molecule has 0 bridgehead atoms. The van der Waals surface area contributed by atoms with Crippen molar-refractivity contribution >= 4 is 11.9 Å². The highest BCUT2D eigenvalue weighted by atomic mass is 16.5. The molecule has 0 radical (unpaired) electrons. The van der Waals surface area contributed by atoms with Crippen LogP contribution in [0.3, 0.4) is 0 Å². The third-order valence-electron chi connectivity index (χ3n) is 4.59. The van der Waals surface area contributed by atoms with Crippen LogP contribution in [0, 0.1) is 17.8 Å². The topological polar surface area (TPSA) is 63.6 Å². The van der Waals surface area contributed by atoms with Gasteiger partial charge in [0.2, 0.25) is 0 Å². The Bertz CT molecular complexity index is 351. The number of hydrogen-bond acceptors (Lipinski definition) is 3. The largest absolute Gasteiger partial charge is 0.481 e. The molecule has 0 aromatic heterocycles. The van der Waals surface area contributed by atoms with E-state index in [4.69, 9.17) is 4.74 Å². The molecule has 3 atom stereocenters. The maximum atomic E-state index is 12.4. The third-order valence-corrected chi connectivity index (χ3v) is 4.59. The molecule has 1 aliphatic rings. The van der Waals surface area contributed by atoms with Gasteiger partial charge >= 0.3 is 11.9 Å². The molecular weight excluding hydrogens is 280 g/mol. The fourth-order valence-corrected chi connectivity index (χ4v) is 3.30. The number of carbonyl (C=O) groups excluding carboxylic acids is 1. The second-order valence-corrected chi connectivity index (χ2v) is 7.01. The predicted molar refractivity (Wildman–Crippen MR) is 86.6 cm³/mol. The highest BCUT2D eigenvalue weighted by Gasteiger charge is 2.37. The van der Waals surface area contributed by atoms with Crippen molar-refractivity contribution in [3.8, 4) is 0 Å². The first-order valence-corrected chi connectivity index (χ1v) is 8.89. The zero-order valence-electron chi connectivity index (χ0n) is 14.3. The number of esters is 1. The Labute approximate surface area is 134 Å². The van der Waals surface area contributed by atoms with Crippen molar-refractivity contribution in [1.29, 1.82) is 0 Å². The first kappa shape index (κ1) is 19.0. The van der Waals surface area contributed by atoms with E-state index in [1.165, 1.54) is 0 Å². The van der Waals surface area contributed by atoms with Crippen LogP contribution in [0.1, 0.15) is 78.6 Å². The quantitative estimate of drug-likeness (QED) is 0.640. The van der Waals surface area contributed by atoms with Crippen molar-refractivity contribution in [3.05, 3.63) is 0 Å². The second-order valence-electron chi connectivity index (χ2n) is 7.01. The van der Waals surface area contributed by atoms with Crippen LogP contribution in [0.25, 0.3) is 0 Å². The standard InChI is InChI=1S/C18H32O4/c1-4-8-14(10-7-9-13(2)3)22-18(21)16-12-6-5-11-15(16)17(19)20/h13-16H,4-12H2,1-3H3,(H,19,20). The molecule has 1 aliphatic carbocycles. The Morgan fingerprint density at radius 2 is 1.73 bits per heavy atom. The van der Waals surface area contributed by atoms with E-state index < -0.39 is 17.8 Å². The number of ether oxygens (including phenoxy) is 1. The van der Waals surface area contributed by atoms with Crippen LogP contribution < -0.4 is 0 Å². The summed E-state index contributed by atoms with van der Waals surface area (Å²) in [4.78, 5) is 23.7. The molecule has 4 nitrogen and oxygen atoms in total. The minimum atomic E-state index is -0.853. The van der Waals surface area contributed by atoms with Crippen molar-refractivity contribution in [2.45, 2.75) is 84.7 Å². The molecule has 3 unspecified atom stereocenters. The predicted octanol–water partition coefficient (Wildman–Crippen LogP) is 4.42. The van der Waals surface area contributed by atoms with Crippen LogP contribution in [-0.2, 0) is 14.3 Å². The average Bonchev–Trinajstić information content (AvgIpc) is 2.46. The summed E-state index contributed by atoms with van der Waals surface area (Å²) < 4.78 is 5.69. The molecule has 0 heterocycles. The van der Waals surface area contributed by atoms with Crippen molar-refractivity contribution in [2.24, 2.45) is 17.8 Å². The third kappa shape index (κ3) is 6.37. The summed E-state index contributed by atoms with van der Waals surface area (Å²) in [7, 11) is 0. The van der Waals surface area contributed by atoms with Crippen LogP contribution in [0.15, 0.2) is 0 Å². The van der Waals surface area contributed by atoms with E-state index in [2.05, 4.69) is 20.8 Å². The number of carbonyl (C=O) groups is 2. The molecule has 1 N–H and O–H groups in total. The highest BCUT2D eigenvalue weighted by molar-refractivity contribution is 5.81. The Hall–Kier alpha value is -1.06. The maximum absolute atomic E-state index is 12.4. The van der Waals surface area contributed by atoms with E-state index in [-0.39, 0.29) is 12.1 Å². The lowest BCUT2D eigenvalue weighted by Crippen LogP contribution is -2.35. The number of carboxylic acid groups (broad SMARTS) is 1. The minimum Gasteiger partial charge on any atom is -0.481 e. The Kier molecular flexibility index (Phi) is 8.51. The molecule has 22 heavy (non-hydrogen) atoms. The lowest BCUT2D eigenvalue weighted by atomic mass is 9.79. The monoisotopic (exact) mass is 312 g/mol. The SMILES string of the molecule is CCCC(CCCC(C)C)OC(=O)C1CCCCC1C(=O)O. The lowest BCUT2D eigenvalue weighted by Gasteiger charge is -2.28. The van der Waals surface area contributed by atoms with Gasteiger partial charge < -0.3 is 9.84 Å². The van der Waals surface area contributed by atoms with Gasteiger partial charge in [-0.15, -0.1) is 0 Å². The van der Waals surface area contributed by atoms with Crippen LogP contribution in [-0.4, -0.2) is 23.1 Å². The molecule has 1 fully saturated rings. The summed E-state index contributed by atoms with van der Waals surface area (Å²) in [6.45, 7) is 6.48. The molecule has 0 amide bonds. The van der Waals surface area contributed by atoms with Gasteiger partial charge in [-0.2, -0.15) is 0 Å². The molecule has 0 aliphatic heterocycles. The van der Waals surface area contributed by atoms with Crippen molar-refractivity contribution in [1.82, 2.24) is 0 Å². The first-order chi connectivity index (χ1) is 10.5.